The third-order valence-corrected chi connectivity index (χ3v) is 3.00. The molecule has 0 spiro atoms. The number of nitrogen functional groups attached to an aromatic ring is 1. The molecule has 0 aliphatic rings. The lowest BCUT2D eigenvalue weighted by atomic mass is 10.1. The fourth-order valence-corrected chi connectivity index (χ4v) is 2.04. The number of hydrogen-bond donors (Lipinski definition) is 1. The van der Waals surface area contributed by atoms with E-state index in [0.717, 1.165) is 0 Å². The molecule has 7 heteroatoms. The Kier molecular flexibility index (Phi) is 3.23. The van der Waals surface area contributed by atoms with Crippen LogP contribution in [0.25, 0.3) is 11.5 Å². The van der Waals surface area contributed by atoms with Gasteiger partial charge in [0.15, 0.2) is 5.76 Å². The maximum Gasteiger partial charge on any atom is 0.153 e. The number of hydrogen-bond acceptors (Lipinski definition) is 6. The highest BCUT2D eigenvalue weighted by Crippen LogP contribution is 2.32. The summed E-state index contributed by atoms with van der Waals surface area (Å²) in [6.45, 7) is 0. The third kappa shape index (κ3) is 2.03. The van der Waals surface area contributed by atoms with Crippen molar-refractivity contribution in [1.29, 1.82) is 10.5 Å². The lowest BCUT2D eigenvalue weighted by Gasteiger charge is -2.02. The van der Waals surface area contributed by atoms with Crippen LogP contribution in [0.5, 0.6) is 0 Å². The van der Waals surface area contributed by atoms with E-state index >= 15 is 0 Å². The van der Waals surface area contributed by atoms with Gasteiger partial charge < -0.3 is 14.6 Å². The highest BCUT2D eigenvalue weighted by Gasteiger charge is 2.24. The lowest BCUT2D eigenvalue weighted by molar-refractivity contribution is 0.559. The summed E-state index contributed by atoms with van der Waals surface area (Å²) in [4.78, 5) is 0. The highest BCUT2D eigenvalue weighted by molar-refractivity contribution is 5.79. The quantitative estimate of drug-likeness (QED) is 0.744. The zero-order valence-electron chi connectivity index (χ0n) is 11.2. The van der Waals surface area contributed by atoms with Crippen LogP contribution in [0.15, 0.2) is 50.7 Å². The van der Waals surface area contributed by atoms with Crippen molar-refractivity contribution in [1.82, 2.24) is 4.68 Å². The van der Waals surface area contributed by atoms with Gasteiger partial charge in [0.25, 0.3) is 0 Å². The van der Waals surface area contributed by atoms with Crippen LogP contribution in [0, 0.1) is 22.7 Å². The van der Waals surface area contributed by atoms with E-state index in [4.69, 9.17) is 14.6 Å². The second-order valence-corrected chi connectivity index (χ2v) is 4.26. The smallest absolute Gasteiger partial charge is 0.153 e. The first-order valence-corrected chi connectivity index (χ1v) is 6.22. The van der Waals surface area contributed by atoms with E-state index in [0.29, 0.717) is 17.2 Å². The summed E-state index contributed by atoms with van der Waals surface area (Å²) in [5, 5.41) is 22.8. The molecule has 0 aliphatic heterocycles. The van der Waals surface area contributed by atoms with Crippen molar-refractivity contribution in [3.05, 3.63) is 53.7 Å². The molecule has 0 saturated heterocycles. The molecule has 0 fully saturated rings. The first-order chi connectivity index (χ1) is 10.8. The van der Waals surface area contributed by atoms with E-state index in [1.54, 1.807) is 24.3 Å². The van der Waals surface area contributed by atoms with Gasteiger partial charge in [-0.15, -0.1) is 0 Å². The van der Waals surface area contributed by atoms with Crippen LogP contribution in [0.3, 0.4) is 0 Å². The number of nitriles is 2. The number of nitrogens with zero attached hydrogens (tertiary/aromatic N) is 4. The van der Waals surface area contributed by atoms with Crippen LogP contribution in [0.1, 0.15) is 16.9 Å². The summed E-state index contributed by atoms with van der Waals surface area (Å²) in [5.41, 5.74) is 6.44. The van der Waals surface area contributed by atoms with Gasteiger partial charge >= 0.3 is 0 Å². The second kappa shape index (κ2) is 5.35. The minimum Gasteiger partial charge on any atom is -0.463 e. The van der Waals surface area contributed by atoms with Crippen LogP contribution in [-0.4, -0.2) is 10.9 Å². The number of rotatable bonds is 3. The molecular formula is C15H9N5O2. The Balaban J connectivity index is 2.23. The Morgan fingerprint density at radius 2 is 1.82 bits per heavy atom. The van der Waals surface area contributed by atoms with Gasteiger partial charge in [-0.05, 0) is 24.3 Å². The Morgan fingerprint density at radius 3 is 2.41 bits per heavy atom. The summed E-state index contributed by atoms with van der Waals surface area (Å²) in [5.74, 6) is 0.963. The molecule has 0 aromatic carbocycles. The molecule has 0 bridgehead atoms. The third-order valence-electron chi connectivity index (χ3n) is 3.00. The summed E-state index contributed by atoms with van der Waals surface area (Å²) in [7, 11) is 0. The van der Waals surface area contributed by atoms with Crippen LogP contribution >= 0.6 is 0 Å². The molecule has 106 valence electrons. The summed E-state index contributed by atoms with van der Waals surface area (Å²) in [6.07, 6.45) is 4.41. The zero-order chi connectivity index (χ0) is 15.5. The standard InChI is InChI=1S/C15H9N5O2/c16-7-11-12(8-17)15(18)20(14(11)13-4-2-6-22-13)19-9-10-3-1-5-21-10/h1-6,9H,18H2/b19-9-. The van der Waals surface area contributed by atoms with Crippen LogP contribution < -0.4 is 5.73 Å². The van der Waals surface area contributed by atoms with Crippen molar-refractivity contribution in [3.8, 4) is 23.6 Å². The van der Waals surface area contributed by atoms with E-state index in [-0.39, 0.29) is 16.9 Å². The molecule has 0 amide bonds. The van der Waals surface area contributed by atoms with Crippen LogP contribution in [-0.2, 0) is 0 Å². The fraction of sp³-hybridized carbons (Fsp3) is 0. The van der Waals surface area contributed by atoms with Crippen molar-refractivity contribution in [2.24, 2.45) is 5.10 Å². The molecule has 0 radical (unpaired) electrons. The molecule has 3 aromatic heterocycles. The van der Waals surface area contributed by atoms with Gasteiger partial charge in [0.2, 0.25) is 0 Å². The molecule has 22 heavy (non-hydrogen) atoms. The zero-order valence-corrected chi connectivity index (χ0v) is 11.2. The van der Waals surface area contributed by atoms with Gasteiger partial charge in [-0.1, -0.05) is 0 Å². The van der Waals surface area contributed by atoms with Crippen molar-refractivity contribution in [2.45, 2.75) is 0 Å². The molecule has 7 nitrogen and oxygen atoms in total. The topological polar surface area (TPSA) is 117 Å². The summed E-state index contributed by atoms with van der Waals surface area (Å²) < 4.78 is 11.8. The lowest BCUT2D eigenvalue weighted by Crippen LogP contribution is -1.99. The number of anilines is 1. The van der Waals surface area contributed by atoms with E-state index < -0.39 is 0 Å². The fourth-order valence-electron chi connectivity index (χ4n) is 2.04. The Hall–Kier alpha value is -3.71. The van der Waals surface area contributed by atoms with Gasteiger partial charge in [0.05, 0.1) is 18.7 Å². The minimum absolute atomic E-state index is 0.0606. The van der Waals surface area contributed by atoms with Crippen molar-refractivity contribution < 1.29 is 8.83 Å². The predicted octanol–water partition coefficient (Wildman–Crippen LogP) is 2.55. The molecule has 0 saturated carbocycles. The van der Waals surface area contributed by atoms with Crippen molar-refractivity contribution in [3.63, 3.8) is 0 Å². The minimum atomic E-state index is 0.0606. The Labute approximate surface area is 125 Å². The molecule has 0 atom stereocenters. The molecule has 0 unspecified atom stereocenters. The Bertz CT molecular complexity index is 903. The van der Waals surface area contributed by atoms with E-state index in [2.05, 4.69) is 5.10 Å². The van der Waals surface area contributed by atoms with Gasteiger partial charge in [0, 0.05) is 0 Å². The van der Waals surface area contributed by atoms with Gasteiger partial charge in [-0.2, -0.15) is 15.6 Å². The number of furan rings is 2. The highest BCUT2D eigenvalue weighted by atomic mass is 16.3. The van der Waals surface area contributed by atoms with E-state index in [1.165, 1.54) is 23.4 Å². The normalized spacial score (nSPS) is 10.6. The maximum atomic E-state index is 9.34. The summed E-state index contributed by atoms with van der Waals surface area (Å²) in [6, 6.07) is 10.7. The van der Waals surface area contributed by atoms with E-state index in [1.807, 2.05) is 12.1 Å². The average Bonchev–Trinajstić information content (AvgIpc) is 3.25. The van der Waals surface area contributed by atoms with E-state index in [9.17, 15) is 10.5 Å². The number of aromatic nitrogens is 1. The maximum absolute atomic E-state index is 9.34. The molecule has 3 aromatic rings. The first kappa shape index (κ1) is 13.3. The van der Waals surface area contributed by atoms with Gasteiger partial charge in [-0.3, -0.25) is 0 Å². The second-order valence-electron chi connectivity index (χ2n) is 4.26. The predicted molar refractivity (Wildman–Crippen MR) is 77.7 cm³/mol. The van der Waals surface area contributed by atoms with Crippen molar-refractivity contribution in [2.75, 3.05) is 5.73 Å². The molecular weight excluding hydrogens is 282 g/mol. The molecule has 3 rings (SSSR count). The number of nitrogens with two attached hydrogens (primary N) is 1. The SMILES string of the molecule is N#Cc1c(C#N)c(-c2ccco2)n(/N=C\c2ccco2)c1N. The largest absolute Gasteiger partial charge is 0.463 e. The molecule has 2 N–H and O–H groups in total. The first-order valence-electron chi connectivity index (χ1n) is 6.22. The van der Waals surface area contributed by atoms with Crippen LogP contribution in [0.2, 0.25) is 0 Å². The molecule has 3 heterocycles. The monoisotopic (exact) mass is 291 g/mol. The summed E-state index contributed by atoms with van der Waals surface area (Å²) >= 11 is 0. The van der Waals surface area contributed by atoms with Gasteiger partial charge in [-0.25, -0.2) is 4.68 Å². The Morgan fingerprint density at radius 1 is 1.09 bits per heavy atom. The van der Waals surface area contributed by atoms with Crippen molar-refractivity contribution >= 4 is 12.0 Å². The molecule has 0 aliphatic carbocycles. The van der Waals surface area contributed by atoms with Crippen LogP contribution in [0.4, 0.5) is 5.82 Å². The average molecular weight is 291 g/mol. The van der Waals surface area contributed by atoms with Gasteiger partial charge in [0.1, 0.15) is 40.5 Å².